The van der Waals surface area contributed by atoms with Crippen LogP contribution >= 0.6 is 0 Å². The summed E-state index contributed by atoms with van der Waals surface area (Å²) in [6.45, 7) is 8.78. The van der Waals surface area contributed by atoms with Crippen molar-refractivity contribution in [1.29, 1.82) is 0 Å². The summed E-state index contributed by atoms with van der Waals surface area (Å²) < 4.78 is 7.52. The Morgan fingerprint density at radius 1 is 0.333 bits per heavy atom. The third-order valence-electron chi connectivity index (χ3n) is 11.4. The summed E-state index contributed by atoms with van der Waals surface area (Å²) in [5, 5.41) is 8.05. The van der Waals surface area contributed by atoms with Crippen LogP contribution in [0.15, 0.2) is 127 Å². The van der Waals surface area contributed by atoms with Crippen LogP contribution in [0.4, 0.5) is 0 Å². The molecule has 3 aromatic heterocycles. The number of benzene rings is 7. The van der Waals surface area contributed by atoms with Gasteiger partial charge < -0.3 is 13.7 Å². The molecule has 10 aromatic rings. The summed E-state index contributed by atoms with van der Waals surface area (Å²) in [4.78, 5) is 0. The number of aryl methyl sites for hydroxylation is 6. The van der Waals surface area contributed by atoms with E-state index in [-0.39, 0.29) is 0 Å². The van der Waals surface area contributed by atoms with Crippen LogP contribution in [-0.4, -0.2) is 13.7 Å². The highest BCUT2D eigenvalue weighted by atomic mass is 15.0. The smallest absolute Gasteiger partial charge is 0.0564 e. The Morgan fingerprint density at radius 3 is 1.06 bits per heavy atom. The highest BCUT2D eigenvalue weighted by molar-refractivity contribution is 6.16. The zero-order valence-electron chi connectivity index (χ0n) is 29.4. The van der Waals surface area contributed by atoms with Gasteiger partial charge >= 0.3 is 0 Å². The summed E-state index contributed by atoms with van der Waals surface area (Å²) in [5.41, 5.74) is 19.2. The molecule has 0 N–H and O–H groups in total. The molecule has 3 heterocycles. The van der Waals surface area contributed by atoms with Crippen molar-refractivity contribution in [2.45, 2.75) is 40.5 Å². The van der Waals surface area contributed by atoms with Gasteiger partial charge in [-0.15, -0.1) is 0 Å². The molecule has 1 aliphatic rings. The second-order valence-electron chi connectivity index (χ2n) is 14.9. The van der Waals surface area contributed by atoms with Crippen molar-refractivity contribution in [2.24, 2.45) is 0 Å². The Labute approximate surface area is 296 Å². The van der Waals surface area contributed by atoms with Gasteiger partial charge in [-0.25, -0.2) is 0 Å². The van der Waals surface area contributed by atoms with E-state index in [9.17, 15) is 0 Å². The third-order valence-corrected chi connectivity index (χ3v) is 11.4. The van der Waals surface area contributed by atoms with Crippen molar-refractivity contribution >= 4 is 65.4 Å². The molecule has 7 aromatic carbocycles. The molecule has 0 bridgehead atoms. The molecule has 0 fully saturated rings. The van der Waals surface area contributed by atoms with Crippen molar-refractivity contribution in [3.63, 3.8) is 0 Å². The standard InChI is InChI=1S/C48H37N3/c1-28-10-16-41-37(20-28)38-21-29(2)11-17-42(38)50(41)35-24-32-14-15-33-25-36(27-46-48(33)47(32)45(26-35)49(46)34-8-6-5-7-9-34)51-43-18-12-30(3)22-39(43)40-23-31(4)13-19-44(40)51/h5-13,16-27H,14-15H2,1-4H3. The minimum atomic E-state index is 1.01. The number of fused-ring (bicyclic) bond motifs is 6. The van der Waals surface area contributed by atoms with Crippen LogP contribution in [0.2, 0.25) is 0 Å². The first-order valence-corrected chi connectivity index (χ1v) is 18.1. The molecule has 0 spiro atoms. The van der Waals surface area contributed by atoms with Crippen LogP contribution in [0.3, 0.4) is 0 Å². The second-order valence-corrected chi connectivity index (χ2v) is 14.9. The lowest BCUT2D eigenvalue weighted by Gasteiger charge is -2.18. The first kappa shape index (κ1) is 28.7. The number of rotatable bonds is 3. The van der Waals surface area contributed by atoms with Gasteiger partial charge in [0, 0.05) is 49.4 Å². The van der Waals surface area contributed by atoms with Crippen LogP contribution in [0.25, 0.3) is 82.5 Å². The molecule has 11 rings (SSSR count). The Bertz CT molecular complexity index is 2800. The van der Waals surface area contributed by atoms with Gasteiger partial charge in [0.2, 0.25) is 0 Å². The largest absolute Gasteiger partial charge is 0.309 e. The lowest BCUT2D eigenvalue weighted by atomic mass is 9.90. The van der Waals surface area contributed by atoms with Crippen molar-refractivity contribution in [3.05, 3.63) is 161 Å². The molecule has 0 atom stereocenters. The van der Waals surface area contributed by atoms with Crippen LogP contribution < -0.4 is 0 Å². The molecular weight excluding hydrogens is 619 g/mol. The van der Waals surface area contributed by atoms with Gasteiger partial charge in [0.15, 0.2) is 0 Å². The quantitative estimate of drug-likeness (QED) is 0.180. The van der Waals surface area contributed by atoms with E-state index in [1.807, 2.05) is 0 Å². The van der Waals surface area contributed by atoms with E-state index >= 15 is 0 Å². The van der Waals surface area contributed by atoms with Crippen LogP contribution in [0.5, 0.6) is 0 Å². The first-order valence-electron chi connectivity index (χ1n) is 18.1. The zero-order chi connectivity index (χ0) is 34.1. The van der Waals surface area contributed by atoms with Gasteiger partial charge in [0.1, 0.15) is 0 Å². The summed E-state index contributed by atoms with van der Waals surface area (Å²) >= 11 is 0. The molecule has 0 aliphatic heterocycles. The van der Waals surface area contributed by atoms with E-state index < -0.39 is 0 Å². The molecule has 0 saturated heterocycles. The molecule has 3 nitrogen and oxygen atoms in total. The highest BCUT2D eigenvalue weighted by Crippen LogP contribution is 2.44. The maximum atomic E-state index is 2.53. The Hall–Kier alpha value is -6.06. The third kappa shape index (κ3) is 4.00. The first-order chi connectivity index (χ1) is 24.9. The summed E-state index contributed by atoms with van der Waals surface area (Å²) in [6, 6.07) is 48.4. The van der Waals surface area contributed by atoms with E-state index in [1.165, 1.54) is 116 Å². The van der Waals surface area contributed by atoms with Crippen LogP contribution in [0.1, 0.15) is 33.4 Å². The molecular formula is C48H37N3. The number of nitrogens with zero attached hydrogens (tertiary/aromatic N) is 3. The van der Waals surface area contributed by atoms with E-state index in [2.05, 4.69) is 169 Å². The molecule has 1 aliphatic carbocycles. The topological polar surface area (TPSA) is 14.8 Å². The predicted octanol–water partition coefficient (Wildman–Crippen LogP) is 12.3. The Kier molecular flexibility index (Phi) is 5.77. The number of hydrogen-bond donors (Lipinski definition) is 0. The molecule has 0 radical (unpaired) electrons. The van der Waals surface area contributed by atoms with E-state index in [4.69, 9.17) is 0 Å². The van der Waals surface area contributed by atoms with Crippen molar-refractivity contribution in [3.8, 4) is 17.1 Å². The lowest BCUT2D eigenvalue weighted by Crippen LogP contribution is -2.03. The van der Waals surface area contributed by atoms with Gasteiger partial charge in [-0.2, -0.15) is 0 Å². The molecule has 3 heteroatoms. The van der Waals surface area contributed by atoms with Crippen LogP contribution in [0, 0.1) is 27.7 Å². The summed E-state index contributed by atoms with van der Waals surface area (Å²) in [5.74, 6) is 0. The fourth-order valence-corrected chi connectivity index (χ4v) is 9.23. The second kappa shape index (κ2) is 10.2. The summed E-state index contributed by atoms with van der Waals surface area (Å²) in [6.07, 6.45) is 2.02. The maximum Gasteiger partial charge on any atom is 0.0564 e. The van der Waals surface area contributed by atoms with Gasteiger partial charge in [-0.3, -0.25) is 0 Å². The lowest BCUT2D eigenvalue weighted by molar-refractivity contribution is 0.962. The fraction of sp³-hybridized carbons (Fsp3) is 0.125. The molecule has 0 saturated carbocycles. The SMILES string of the molecule is Cc1ccc2c(c1)c1cc(C)ccc1n2-c1cc2c3c4c(cc(-n5c6ccc(C)cc6c6cc(C)ccc65)cc4n(-c4ccccc4)c3c1)CC2. The molecule has 51 heavy (non-hydrogen) atoms. The van der Waals surface area contributed by atoms with Gasteiger partial charge in [-0.1, -0.05) is 64.7 Å². The van der Waals surface area contributed by atoms with E-state index in [1.54, 1.807) is 0 Å². The highest BCUT2D eigenvalue weighted by Gasteiger charge is 2.26. The Morgan fingerprint density at radius 2 is 0.686 bits per heavy atom. The van der Waals surface area contributed by atoms with Crippen molar-refractivity contribution < 1.29 is 0 Å². The normalized spacial score (nSPS) is 12.9. The van der Waals surface area contributed by atoms with Crippen molar-refractivity contribution in [2.75, 3.05) is 0 Å². The summed E-state index contributed by atoms with van der Waals surface area (Å²) in [7, 11) is 0. The predicted molar refractivity (Wildman–Crippen MR) is 216 cm³/mol. The Balaban J connectivity index is 1.26. The maximum absolute atomic E-state index is 2.53. The van der Waals surface area contributed by atoms with Gasteiger partial charge in [-0.05, 0) is 137 Å². The monoisotopic (exact) mass is 655 g/mol. The number of para-hydroxylation sites is 1. The van der Waals surface area contributed by atoms with E-state index in [0.717, 1.165) is 12.8 Å². The molecule has 0 unspecified atom stereocenters. The van der Waals surface area contributed by atoms with E-state index in [0.29, 0.717) is 0 Å². The minimum absolute atomic E-state index is 1.01. The van der Waals surface area contributed by atoms with Gasteiger partial charge in [0.25, 0.3) is 0 Å². The number of hydrogen-bond acceptors (Lipinski definition) is 0. The minimum Gasteiger partial charge on any atom is -0.309 e. The molecule has 244 valence electrons. The van der Waals surface area contributed by atoms with Crippen LogP contribution in [-0.2, 0) is 12.8 Å². The zero-order valence-corrected chi connectivity index (χ0v) is 29.4. The average molecular weight is 656 g/mol. The fourth-order valence-electron chi connectivity index (χ4n) is 9.23. The molecule has 0 amide bonds. The number of aromatic nitrogens is 3. The average Bonchev–Trinajstić information content (AvgIpc) is 3.75. The van der Waals surface area contributed by atoms with Gasteiger partial charge in [0.05, 0.1) is 33.1 Å². The van der Waals surface area contributed by atoms with Crippen molar-refractivity contribution in [1.82, 2.24) is 13.7 Å².